The number of amides is 1. The molecule has 4 nitrogen and oxygen atoms in total. The molecule has 1 saturated carbocycles. The zero-order chi connectivity index (χ0) is 16.1. The molecule has 122 valence electrons. The van der Waals surface area contributed by atoms with Gasteiger partial charge in [-0.25, -0.2) is 0 Å². The van der Waals surface area contributed by atoms with Crippen LogP contribution in [0, 0.1) is 5.92 Å². The van der Waals surface area contributed by atoms with E-state index >= 15 is 0 Å². The van der Waals surface area contributed by atoms with E-state index in [0.717, 1.165) is 16.2 Å². The second-order valence-electron chi connectivity index (χ2n) is 5.80. The maximum atomic E-state index is 12.3. The Morgan fingerprint density at radius 1 is 1.45 bits per heavy atom. The first-order chi connectivity index (χ1) is 10.5. The van der Waals surface area contributed by atoms with E-state index in [4.69, 9.17) is 9.47 Å². The third kappa shape index (κ3) is 4.65. The molecule has 1 fully saturated rings. The van der Waals surface area contributed by atoms with Crippen molar-refractivity contribution in [3.05, 3.63) is 23.8 Å². The van der Waals surface area contributed by atoms with Gasteiger partial charge in [0.1, 0.15) is 11.9 Å². The van der Waals surface area contributed by atoms with E-state index in [1.54, 1.807) is 23.8 Å². The smallest absolute Gasteiger partial charge is 0.251 e. The molecule has 0 radical (unpaired) electrons. The Morgan fingerprint density at radius 3 is 2.77 bits per heavy atom. The molecule has 0 spiro atoms. The van der Waals surface area contributed by atoms with E-state index in [0.29, 0.717) is 19.1 Å². The summed E-state index contributed by atoms with van der Waals surface area (Å²) < 4.78 is 11.0. The number of benzene rings is 1. The summed E-state index contributed by atoms with van der Waals surface area (Å²) in [6.07, 6.45) is 4.11. The van der Waals surface area contributed by atoms with E-state index in [-0.39, 0.29) is 12.0 Å². The highest BCUT2D eigenvalue weighted by atomic mass is 32.2. The molecule has 0 aliphatic heterocycles. The van der Waals surface area contributed by atoms with Crippen molar-refractivity contribution in [3.8, 4) is 5.75 Å². The molecule has 1 unspecified atom stereocenters. The lowest BCUT2D eigenvalue weighted by atomic mass is 10.2. The third-order valence-electron chi connectivity index (χ3n) is 3.87. The van der Waals surface area contributed by atoms with Gasteiger partial charge < -0.3 is 14.4 Å². The summed E-state index contributed by atoms with van der Waals surface area (Å²) in [6.45, 7) is 3.09. The first kappa shape index (κ1) is 17.2. The topological polar surface area (TPSA) is 38.8 Å². The zero-order valence-electron chi connectivity index (χ0n) is 13.8. The first-order valence-corrected chi connectivity index (χ1v) is 8.85. The molecular weight excluding hydrogens is 298 g/mol. The molecule has 0 aromatic heterocycles. The minimum Gasteiger partial charge on any atom is -0.496 e. The summed E-state index contributed by atoms with van der Waals surface area (Å²) in [5.41, 5.74) is 1.06. The number of carbonyl (C=O) groups is 1. The van der Waals surface area contributed by atoms with E-state index in [1.165, 1.54) is 12.8 Å². The lowest BCUT2D eigenvalue weighted by Gasteiger charge is -2.22. The van der Waals surface area contributed by atoms with E-state index in [9.17, 15) is 4.79 Å². The summed E-state index contributed by atoms with van der Waals surface area (Å²) in [5.74, 6) is 1.54. The standard InChI is InChI=1S/C17H25NO3S/c1-12(21-11-13-5-6-13)17(19)18(2)10-14-7-8-16(22-4)15(9-14)20-3/h7-9,12-13H,5-6,10-11H2,1-4H3. The Kier molecular flexibility index (Phi) is 6.15. The van der Waals surface area contributed by atoms with Crippen molar-refractivity contribution >= 4 is 17.7 Å². The third-order valence-corrected chi connectivity index (χ3v) is 4.65. The first-order valence-electron chi connectivity index (χ1n) is 7.62. The SMILES string of the molecule is COc1cc(CN(C)C(=O)C(C)OCC2CC2)ccc1SC. The second kappa shape index (κ2) is 7.88. The minimum absolute atomic E-state index is 0.0218. The molecule has 0 bridgehead atoms. The fourth-order valence-corrected chi connectivity index (χ4v) is 2.82. The fourth-order valence-electron chi connectivity index (χ4n) is 2.28. The summed E-state index contributed by atoms with van der Waals surface area (Å²) in [4.78, 5) is 15.1. The number of likely N-dealkylation sites (N-methyl/N-ethyl adjacent to an activating group) is 1. The predicted molar refractivity (Wildman–Crippen MR) is 89.4 cm³/mol. The van der Waals surface area contributed by atoms with Gasteiger partial charge in [0.25, 0.3) is 5.91 Å². The van der Waals surface area contributed by atoms with Crippen LogP contribution >= 0.6 is 11.8 Å². The molecule has 0 N–H and O–H groups in total. The summed E-state index contributed by atoms with van der Waals surface area (Å²) in [5, 5.41) is 0. The molecule has 1 aromatic carbocycles. The van der Waals surface area contributed by atoms with Crippen molar-refractivity contribution < 1.29 is 14.3 Å². The van der Waals surface area contributed by atoms with E-state index in [2.05, 4.69) is 0 Å². The van der Waals surface area contributed by atoms with Crippen LogP contribution in [0.25, 0.3) is 0 Å². The van der Waals surface area contributed by atoms with Crippen LogP contribution in [0.2, 0.25) is 0 Å². The monoisotopic (exact) mass is 323 g/mol. The normalized spacial score (nSPS) is 15.5. The van der Waals surface area contributed by atoms with E-state index < -0.39 is 0 Å². The number of hydrogen-bond acceptors (Lipinski definition) is 4. The molecule has 0 saturated heterocycles. The Bertz CT molecular complexity index is 517. The highest BCUT2D eigenvalue weighted by Gasteiger charge is 2.25. The van der Waals surface area contributed by atoms with Crippen LogP contribution < -0.4 is 4.74 Å². The van der Waals surface area contributed by atoms with Crippen LogP contribution in [0.5, 0.6) is 5.75 Å². The van der Waals surface area contributed by atoms with Crippen molar-refractivity contribution in [2.24, 2.45) is 5.92 Å². The number of rotatable bonds is 8. The summed E-state index contributed by atoms with van der Waals surface area (Å²) in [7, 11) is 3.48. The number of methoxy groups -OCH3 is 1. The van der Waals surface area contributed by atoms with Crippen LogP contribution in [0.3, 0.4) is 0 Å². The molecule has 1 aromatic rings. The number of hydrogen-bond donors (Lipinski definition) is 0. The molecule has 2 rings (SSSR count). The Hall–Kier alpha value is -1.20. The largest absolute Gasteiger partial charge is 0.496 e. The second-order valence-corrected chi connectivity index (χ2v) is 6.65. The van der Waals surface area contributed by atoms with Crippen LogP contribution in [0.1, 0.15) is 25.3 Å². The Balaban J connectivity index is 1.91. The van der Waals surface area contributed by atoms with Gasteiger partial charge in [-0.3, -0.25) is 4.79 Å². The van der Waals surface area contributed by atoms with Crippen molar-refractivity contribution in [3.63, 3.8) is 0 Å². The van der Waals surface area contributed by atoms with Gasteiger partial charge in [0.15, 0.2) is 0 Å². The van der Waals surface area contributed by atoms with Crippen LogP contribution in [0.4, 0.5) is 0 Å². The van der Waals surface area contributed by atoms with Gasteiger partial charge in [-0.2, -0.15) is 0 Å². The Labute approximate surface area is 137 Å². The molecule has 0 heterocycles. The van der Waals surface area contributed by atoms with Crippen molar-refractivity contribution in [1.82, 2.24) is 4.90 Å². The quantitative estimate of drug-likeness (QED) is 0.689. The lowest BCUT2D eigenvalue weighted by molar-refractivity contribution is -0.142. The minimum atomic E-state index is -0.377. The van der Waals surface area contributed by atoms with Crippen molar-refractivity contribution in [1.29, 1.82) is 0 Å². The maximum Gasteiger partial charge on any atom is 0.251 e. The van der Waals surface area contributed by atoms with Gasteiger partial charge in [0.05, 0.1) is 13.7 Å². The van der Waals surface area contributed by atoms with Gasteiger partial charge in [0, 0.05) is 18.5 Å². The van der Waals surface area contributed by atoms with Gasteiger partial charge in [0.2, 0.25) is 0 Å². The van der Waals surface area contributed by atoms with Gasteiger partial charge in [-0.15, -0.1) is 11.8 Å². The molecule has 22 heavy (non-hydrogen) atoms. The molecule has 1 amide bonds. The highest BCUT2D eigenvalue weighted by Crippen LogP contribution is 2.30. The summed E-state index contributed by atoms with van der Waals surface area (Å²) in [6, 6.07) is 6.06. The van der Waals surface area contributed by atoms with Gasteiger partial charge in [-0.05, 0) is 49.6 Å². The van der Waals surface area contributed by atoms with E-state index in [1.807, 2.05) is 38.4 Å². The highest BCUT2D eigenvalue weighted by molar-refractivity contribution is 7.98. The lowest BCUT2D eigenvalue weighted by Crippen LogP contribution is -2.36. The average Bonchev–Trinajstić information content (AvgIpc) is 3.35. The number of nitrogens with zero attached hydrogens (tertiary/aromatic N) is 1. The molecular formula is C17H25NO3S. The Morgan fingerprint density at radius 2 is 2.18 bits per heavy atom. The van der Waals surface area contributed by atoms with Crippen LogP contribution in [-0.2, 0) is 16.1 Å². The molecule has 1 aliphatic rings. The molecule has 1 aliphatic carbocycles. The van der Waals surface area contributed by atoms with Crippen molar-refractivity contribution in [2.45, 2.75) is 37.3 Å². The van der Waals surface area contributed by atoms with Crippen LogP contribution in [-0.4, -0.2) is 43.9 Å². The molecule has 1 atom stereocenters. The fraction of sp³-hybridized carbons (Fsp3) is 0.588. The predicted octanol–water partition coefficient (Wildman–Crippen LogP) is 3.19. The number of ether oxygens (including phenoxy) is 2. The average molecular weight is 323 g/mol. The van der Waals surface area contributed by atoms with Crippen molar-refractivity contribution in [2.75, 3.05) is 27.0 Å². The molecule has 5 heteroatoms. The van der Waals surface area contributed by atoms with Gasteiger partial charge >= 0.3 is 0 Å². The zero-order valence-corrected chi connectivity index (χ0v) is 14.6. The number of thioether (sulfide) groups is 1. The number of carbonyl (C=O) groups excluding carboxylic acids is 1. The summed E-state index contributed by atoms with van der Waals surface area (Å²) >= 11 is 1.65. The van der Waals surface area contributed by atoms with Crippen LogP contribution in [0.15, 0.2) is 23.1 Å². The maximum absolute atomic E-state index is 12.3. The van der Waals surface area contributed by atoms with Gasteiger partial charge in [-0.1, -0.05) is 6.07 Å².